The van der Waals surface area contributed by atoms with Gasteiger partial charge < -0.3 is 10.1 Å². The molecule has 0 aromatic rings. The van der Waals surface area contributed by atoms with E-state index in [9.17, 15) is 4.79 Å². The lowest BCUT2D eigenvalue weighted by Gasteiger charge is -2.26. The van der Waals surface area contributed by atoms with Gasteiger partial charge in [0.25, 0.3) is 0 Å². The fraction of sp³-hybridized carbons (Fsp3) is 0.933. The summed E-state index contributed by atoms with van der Waals surface area (Å²) < 4.78 is 5.63. The predicted octanol–water partition coefficient (Wildman–Crippen LogP) is 3.28. The summed E-state index contributed by atoms with van der Waals surface area (Å²) in [6, 6.07) is 0. The molecule has 2 atom stereocenters. The van der Waals surface area contributed by atoms with Crippen LogP contribution in [0.25, 0.3) is 0 Å². The standard InChI is InChI=1S/C15H29NO2/c1-4-6-7-8-9-13(3)18-14(17)15(5-2)10-11-16-12-15/h13,16H,4-12H2,1-3H3. The van der Waals surface area contributed by atoms with Crippen molar-refractivity contribution in [2.24, 2.45) is 5.41 Å². The largest absolute Gasteiger partial charge is 0.462 e. The molecule has 1 fully saturated rings. The average Bonchev–Trinajstić information content (AvgIpc) is 2.84. The van der Waals surface area contributed by atoms with E-state index in [0.717, 1.165) is 32.4 Å². The Balaban J connectivity index is 2.29. The molecule has 0 aromatic heterocycles. The van der Waals surface area contributed by atoms with Crippen LogP contribution in [0.3, 0.4) is 0 Å². The van der Waals surface area contributed by atoms with Gasteiger partial charge in [-0.25, -0.2) is 0 Å². The lowest BCUT2D eigenvalue weighted by atomic mass is 9.84. The normalized spacial score (nSPS) is 25.1. The monoisotopic (exact) mass is 255 g/mol. The van der Waals surface area contributed by atoms with Crippen molar-refractivity contribution in [1.29, 1.82) is 0 Å². The molecule has 1 rings (SSSR count). The van der Waals surface area contributed by atoms with Gasteiger partial charge in [-0.2, -0.15) is 0 Å². The minimum absolute atomic E-state index is 0.0120. The molecule has 0 amide bonds. The van der Waals surface area contributed by atoms with Crippen molar-refractivity contribution >= 4 is 5.97 Å². The highest BCUT2D eigenvalue weighted by molar-refractivity contribution is 5.77. The van der Waals surface area contributed by atoms with Gasteiger partial charge in [0.1, 0.15) is 0 Å². The van der Waals surface area contributed by atoms with Crippen molar-refractivity contribution in [3.05, 3.63) is 0 Å². The second-order valence-corrected chi connectivity index (χ2v) is 5.63. The molecule has 18 heavy (non-hydrogen) atoms. The molecular weight excluding hydrogens is 226 g/mol. The quantitative estimate of drug-likeness (QED) is 0.534. The van der Waals surface area contributed by atoms with Gasteiger partial charge >= 0.3 is 5.97 Å². The zero-order chi connectivity index (χ0) is 13.4. The maximum Gasteiger partial charge on any atom is 0.313 e. The first-order chi connectivity index (χ1) is 8.64. The van der Waals surface area contributed by atoms with E-state index < -0.39 is 0 Å². The van der Waals surface area contributed by atoms with Gasteiger partial charge in [-0.05, 0) is 39.2 Å². The number of esters is 1. The van der Waals surface area contributed by atoms with E-state index in [0.29, 0.717) is 0 Å². The smallest absolute Gasteiger partial charge is 0.313 e. The summed E-state index contributed by atoms with van der Waals surface area (Å²) in [5, 5.41) is 3.28. The molecule has 0 radical (unpaired) electrons. The van der Waals surface area contributed by atoms with Crippen molar-refractivity contribution in [2.75, 3.05) is 13.1 Å². The van der Waals surface area contributed by atoms with E-state index in [1.807, 2.05) is 6.92 Å². The number of unbranched alkanes of at least 4 members (excludes halogenated alkanes) is 3. The molecule has 0 aromatic carbocycles. The van der Waals surface area contributed by atoms with Crippen molar-refractivity contribution in [1.82, 2.24) is 5.32 Å². The van der Waals surface area contributed by atoms with Crippen LogP contribution < -0.4 is 5.32 Å². The molecule has 1 N–H and O–H groups in total. The van der Waals surface area contributed by atoms with Gasteiger partial charge in [-0.15, -0.1) is 0 Å². The molecule has 0 saturated carbocycles. The molecule has 1 aliphatic heterocycles. The number of carbonyl (C=O) groups is 1. The fourth-order valence-electron chi connectivity index (χ4n) is 2.59. The van der Waals surface area contributed by atoms with E-state index >= 15 is 0 Å². The van der Waals surface area contributed by atoms with Gasteiger partial charge in [0.05, 0.1) is 11.5 Å². The molecule has 3 heteroatoms. The number of nitrogens with one attached hydrogen (secondary N) is 1. The molecule has 106 valence electrons. The molecule has 0 spiro atoms. The summed E-state index contributed by atoms with van der Waals surface area (Å²) in [6.45, 7) is 8.04. The molecule has 2 unspecified atom stereocenters. The van der Waals surface area contributed by atoms with Crippen molar-refractivity contribution < 1.29 is 9.53 Å². The molecule has 0 bridgehead atoms. The Morgan fingerprint density at radius 1 is 1.33 bits per heavy atom. The van der Waals surface area contributed by atoms with Crippen LogP contribution in [0.2, 0.25) is 0 Å². The minimum Gasteiger partial charge on any atom is -0.462 e. The molecular formula is C15H29NO2. The second-order valence-electron chi connectivity index (χ2n) is 5.63. The number of rotatable bonds is 8. The summed E-state index contributed by atoms with van der Waals surface area (Å²) in [5.74, 6) is 0.0120. The summed E-state index contributed by atoms with van der Waals surface area (Å²) >= 11 is 0. The zero-order valence-electron chi connectivity index (χ0n) is 12.3. The highest BCUT2D eigenvalue weighted by Crippen LogP contribution is 2.31. The van der Waals surface area contributed by atoms with E-state index in [-0.39, 0.29) is 17.5 Å². The Bertz CT molecular complexity index is 247. The maximum atomic E-state index is 12.2. The first-order valence-corrected chi connectivity index (χ1v) is 7.56. The Morgan fingerprint density at radius 3 is 2.67 bits per heavy atom. The maximum absolute atomic E-state index is 12.2. The van der Waals surface area contributed by atoms with Crippen molar-refractivity contribution in [3.63, 3.8) is 0 Å². The highest BCUT2D eigenvalue weighted by atomic mass is 16.5. The topological polar surface area (TPSA) is 38.3 Å². The predicted molar refractivity (Wildman–Crippen MR) is 74.5 cm³/mol. The van der Waals surface area contributed by atoms with Crippen LogP contribution in [0.1, 0.15) is 65.7 Å². The van der Waals surface area contributed by atoms with Crippen LogP contribution in [0.15, 0.2) is 0 Å². The molecule has 1 aliphatic rings. The summed E-state index contributed by atoms with van der Waals surface area (Å²) in [7, 11) is 0. The third-order valence-corrected chi connectivity index (χ3v) is 4.13. The Kier molecular flexibility index (Phi) is 6.69. The number of carbonyl (C=O) groups excluding carboxylic acids is 1. The van der Waals surface area contributed by atoms with E-state index in [2.05, 4.69) is 19.2 Å². The number of hydrogen-bond donors (Lipinski definition) is 1. The van der Waals surface area contributed by atoms with Crippen LogP contribution in [-0.4, -0.2) is 25.2 Å². The molecule has 1 saturated heterocycles. The van der Waals surface area contributed by atoms with Crippen LogP contribution in [-0.2, 0) is 9.53 Å². The molecule has 0 aliphatic carbocycles. The second kappa shape index (κ2) is 7.78. The van der Waals surface area contributed by atoms with Gasteiger partial charge in [0.2, 0.25) is 0 Å². The Hall–Kier alpha value is -0.570. The van der Waals surface area contributed by atoms with Crippen molar-refractivity contribution in [2.45, 2.75) is 71.8 Å². The number of hydrogen-bond acceptors (Lipinski definition) is 3. The zero-order valence-corrected chi connectivity index (χ0v) is 12.3. The van der Waals surface area contributed by atoms with E-state index in [1.54, 1.807) is 0 Å². The third-order valence-electron chi connectivity index (χ3n) is 4.13. The highest BCUT2D eigenvalue weighted by Gasteiger charge is 2.41. The summed E-state index contributed by atoms with van der Waals surface area (Å²) in [5.41, 5.74) is -0.252. The Labute approximate surface area is 112 Å². The summed E-state index contributed by atoms with van der Waals surface area (Å²) in [6.07, 6.45) is 7.81. The molecule has 3 nitrogen and oxygen atoms in total. The van der Waals surface area contributed by atoms with Crippen LogP contribution >= 0.6 is 0 Å². The lowest BCUT2D eigenvalue weighted by molar-refractivity contribution is -0.160. The van der Waals surface area contributed by atoms with E-state index in [1.165, 1.54) is 25.7 Å². The third kappa shape index (κ3) is 4.27. The number of ether oxygens (including phenoxy) is 1. The fourth-order valence-corrected chi connectivity index (χ4v) is 2.59. The summed E-state index contributed by atoms with van der Waals surface area (Å²) in [4.78, 5) is 12.2. The SMILES string of the molecule is CCCCCCC(C)OC(=O)C1(CC)CCNC1. The van der Waals surface area contributed by atoms with Crippen LogP contribution in [0.5, 0.6) is 0 Å². The average molecular weight is 255 g/mol. The van der Waals surface area contributed by atoms with Gasteiger partial charge in [0.15, 0.2) is 0 Å². The van der Waals surface area contributed by atoms with Crippen LogP contribution in [0, 0.1) is 5.41 Å². The minimum atomic E-state index is -0.252. The molecule has 1 heterocycles. The first-order valence-electron chi connectivity index (χ1n) is 7.56. The van der Waals surface area contributed by atoms with Crippen LogP contribution in [0.4, 0.5) is 0 Å². The van der Waals surface area contributed by atoms with Gasteiger partial charge in [0, 0.05) is 6.54 Å². The van der Waals surface area contributed by atoms with E-state index in [4.69, 9.17) is 4.74 Å². The lowest BCUT2D eigenvalue weighted by Crippen LogP contribution is -2.36. The van der Waals surface area contributed by atoms with Gasteiger partial charge in [-0.1, -0.05) is 33.1 Å². The van der Waals surface area contributed by atoms with Gasteiger partial charge in [-0.3, -0.25) is 4.79 Å². The Morgan fingerprint density at radius 2 is 2.11 bits per heavy atom. The first kappa shape index (κ1) is 15.5. The van der Waals surface area contributed by atoms with Crippen molar-refractivity contribution in [3.8, 4) is 0 Å².